The minimum atomic E-state index is -0.506. The van der Waals surface area contributed by atoms with Crippen molar-refractivity contribution in [1.29, 1.82) is 0 Å². The van der Waals surface area contributed by atoms with Gasteiger partial charge < -0.3 is 13.9 Å². The molecule has 0 spiro atoms. The lowest BCUT2D eigenvalue weighted by Crippen LogP contribution is -2.28. The van der Waals surface area contributed by atoms with Gasteiger partial charge in [-0.15, -0.1) is 0 Å². The average Bonchev–Trinajstić information content (AvgIpc) is 3.21. The van der Waals surface area contributed by atoms with Crippen molar-refractivity contribution in [3.63, 3.8) is 0 Å². The second kappa shape index (κ2) is 6.86. The van der Waals surface area contributed by atoms with Crippen molar-refractivity contribution in [2.24, 2.45) is 14.1 Å². The molecular weight excluding hydrogens is 348 g/mol. The van der Waals surface area contributed by atoms with Gasteiger partial charge in [-0.25, -0.2) is 0 Å². The third-order valence-corrected chi connectivity index (χ3v) is 5.79. The molecule has 0 saturated heterocycles. The van der Waals surface area contributed by atoms with E-state index >= 15 is 0 Å². The molecular formula is C24H26N2O2. The SMILES string of the molecule is CCOC(=O)CC(C)(c1cn(C)c2ccccc12)c1cn(C)c2ccccc12. The lowest BCUT2D eigenvalue weighted by atomic mass is 9.73. The summed E-state index contributed by atoms with van der Waals surface area (Å²) in [5, 5.41) is 2.34. The molecule has 0 aliphatic heterocycles. The van der Waals surface area contributed by atoms with Gasteiger partial charge >= 0.3 is 5.97 Å². The quantitative estimate of drug-likeness (QED) is 0.465. The first-order chi connectivity index (χ1) is 13.5. The highest BCUT2D eigenvalue weighted by atomic mass is 16.5. The zero-order valence-electron chi connectivity index (χ0n) is 16.9. The van der Waals surface area contributed by atoms with Crippen LogP contribution in [0.5, 0.6) is 0 Å². The van der Waals surface area contributed by atoms with Crippen LogP contribution in [0.25, 0.3) is 21.8 Å². The van der Waals surface area contributed by atoms with Crippen LogP contribution in [0.3, 0.4) is 0 Å². The first kappa shape index (κ1) is 18.4. The Morgan fingerprint density at radius 1 is 0.893 bits per heavy atom. The van der Waals surface area contributed by atoms with E-state index in [4.69, 9.17) is 4.74 Å². The van der Waals surface area contributed by atoms with Crippen molar-refractivity contribution in [3.05, 3.63) is 72.1 Å². The summed E-state index contributed by atoms with van der Waals surface area (Å²) in [7, 11) is 4.11. The van der Waals surface area contributed by atoms with E-state index in [1.54, 1.807) is 0 Å². The molecule has 4 rings (SSSR count). The van der Waals surface area contributed by atoms with Crippen LogP contribution in [0.1, 0.15) is 31.4 Å². The predicted octanol–water partition coefficient (Wildman–Crippen LogP) is 4.93. The van der Waals surface area contributed by atoms with Crippen molar-refractivity contribution >= 4 is 27.8 Å². The fourth-order valence-corrected chi connectivity index (χ4v) is 4.40. The molecule has 0 aliphatic rings. The molecule has 0 radical (unpaired) electrons. The Morgan fingerprint density at radius 2 is 1.36 bits per heavy atom. The lowest BCUT2D eigenvalue weighted by Gasteiger charge is -2.29. The van der Waals surface area contributed by atoms with E-state index in [2.05, 4.69) is 78.9 Å². The second-order valence-corrected chi connectivity index (χ2v) is 7.66. The summed E-state index contributed by atoms with van der Waals surface area (Å²) in [6, 6.07) is 16.7. The molecule has 4 aromatic rings. The monoisotopic (exact) mass is 374 g/mol. The van der Waals surface area contributed by atoms with Crippen LogP contribution in [0, 0.1) is 0 Å². The fourth-order valence-electron chi connectivity index (χ4n) is 4.40. The highest BCUT2D eigenvalue weighted by Crippen LogP contribution is 2.43. The number of esters is 1. The van der Waals surface area contributed by atoms with E-state index in [0.29, 0.717) is 13.0 Å². The second-order valence-electron chi connectivity index (χ2n) is 7.66. The Balaban J connectivity index is 2.00. The van der Waals surface area contributed by atoms with E-state index in [0.717, 1.165) is 22.2 Å². The van der Waals surface area contributed by atoms with Gasteiger partial charge in [0, 0.05) is 53.7 Å². The van der Waals surface area contributed by atoms with Crippen molar-refractivity contribution in [3.8, 4) is 0 Å². The van der Waals surface area contributed by atoms with Gasteiger partial charge in [-0.2, -0.15) is 0 Å². The molecule has 0 saturated carbocycles. The number of ether oxygens (including phenoxy) is 1. The summed E-state index contributed by atoms with van der Waals surface area (Å²) in [5.74, 6) is -0.175. The third kappa shape index (κ3) is 2.80. The van der Waals surface area contributed by atoms with Gasteiger partial charge in [0.15, 0.2) is 0 Å². The predicted molar refractivity (Wildman–Crippen MR) is 114 cm³/mol. The molecule has 0 unspecified atom stereocenters. The number of hydrogen-bond donors (Lipinski definition) is 0. The Morgan fingerprint density at radius 3 is 1.82 bits per heavy atom. The maximum atomic E-state index is 12.7. The number of hydrogen-bond acceptors (Lipinski definition) is 2. The summed E-state index contributed by atoms with van der Waals surface area (Å²) in [6.45, 7) is 4.40. The van der Waals surface area contributed by atoms with Crippen LogP contribution >= 0.6 is 0 Å². The molecule has 2 aromatic heterocycles. The van der Waals surface area contributed by atoms with Crippen molar-refractivity contribution < 1.29 is 9.53 Å². The first-order valence-electron chi connectivity index (χ1n) is 9.70. The molecule has 0 fully saturated rings. The standard InChI is InChI=1S/C24H26N2O2/c1-5-28-23(27)14-24(2,19-15-25(3)21-12-8-6-10-17(19)21)20-16-26(4)22-13-9-7-11-18(20)22/h6-13,15-16H,5,14H2,1-4H3. The summed E-state index contributed by atoms with van der Waals surface area (Å²) in [4.78, 5) is 12.7. The first-order valence-corrected chi connectivity index (χ1v) is 9.70. The highest BCUT2D eigenvalue weighted by Gasteiger charge is 2.37. The third-order valence-electron chi connectivity index (χ3n) is 5.79. The maximum absolute atomic E-state index is 12.7. The normalized spacial score (nSPS) is 12.0. The zero-order valence-corrected chi connectivity index (χ0v) is 16.9. The molecule has 4 nitrogen and oxygen atoms in total. The number of nitrogens with zero attached hydrogens (tertiary/aromatic N) is 2. The Hall–Kier alpha value is -3.01. The van der Waals surface area contributed by atoms with E-state index in [9.17, 15) is 4.79 Å². The Labute approximate surface area is 165 Å². The zero-order chi connectivity index (χ0) is 19.9. The summed E-state index contributed by atoms with van der Waals surface area (Å²) in [6.07, 6.45) is 4.61. The van der Waals surface area contributed by atoms with Crippen molar-refractivity contribution in [2.45, 2.75) is 25.7 Å². The molecule has 0 aliphatic carbocycles. The molecule has 0 N–H and O–H groups in total. The fraction of sp³-hybridized carbons (Fsp3) is 0.292. The largest absolute Gasteiger partial charge is 0.466 e. The minimum absolute atomic E-state index is 0.175. The van der Waals surface area contributed by atoms with Gasteiger partial charge in [-0.1, -0.05) is 43.3 Å². The maximum Gasteiger partial charge on any atom is 0.307 e. The van der Waals surface area contributed by atoms with Crippen molar-refractivity contribution in [1.82, 2.24) is 9.13 Å². The molecule has 28 heavy (non-hydrogen) atoms. The average molecular weight is 374 g/mol. The number of rotatable bonds is 5. The van der Waals surface area contributed by atoms with Crippen LogP contribution in [0.15, 0.2) is 60.9 Å². The van der Waals surface area contributed by atoms with Gasteiger partial charge in [0.2, 0.25) is 0 Å². The number of benzene rings is 2. The van der Waals surface area contributed by atoms with Gasteiger partial charge in [0.05, 0.1) is 13.0 Å². The number of aryl methyl sites for hydroxylation is 2. The number of para-hydroxylation sites is 2. The Bertz CT molecular complexity index is 1090. The molecule has 0 amide bonds. The number of aromatic nitrogens is 2. The molecule has 0 bridgehead atoms. The van der Waals surface area contributed by atoms with E-state index < -0.39 is 5.41 Å². The van der Waals surface area contributed by atoms with Crippen molar-refractivity contribution in [2.75, 3.05) is 6.61 Å². The van der Waals surface area contributed by atoms with Gasteiger partial charge in [-0.3, -0.25) is 4.79 Å². The molecule has 2 aromatic carbocycles. The van der Waals surface area contributed by atoms with E-state index in [-0.39, 0.29) is 5.97 Å². The summed E-state index contributed by atoms with van der Waals surface area (Å²) < 4.78 is 9.64. The van der Waals surface area contributed by atoms with Crippen LogP contribution in [0.2, 0.25) is 0 Å². The van der Waals surface area contributed by atoms with E-state index in [1.807, 2.05) is 19.1 Å². The molecule has 4 heteroatoms. The van der Waals surface area contributed by atoms with Crippen LogP contribution in [0.4, 0.5) is 0 Å². The van der Waals surface area contributed by atoms with Crippen LogP contribution < -0.4 is 0 Å². The molecule has 144 valence electrons. The molecule has 2 heterocycles. The van der Waals surface area contributed by atoms with E-state index in [1.165, 1.54) is 10.8 Å². The number of carbonyl (C=O) groups is 1. The number of carbonyl (C=O) groups excluding carboxylic acids is 1. The van der Waals surface area contributed by atoms with Gasteiger partial charge in [0.25, 0.3) is 0 Å². The van der Waals surface area contributed by atoms with Crippen LogP contribution in [-0.2, 0) is 29.0 Å². The minimum Gasteiger partial charge on any atom is -0.466 e. The lowest BCUT2D eigenvalue weighted by molar-refractivity contribution is -0.144. The number of fused-ring (bicyclic) bond motifs is 2. The van der Waals surface area contributed by atoms with Crippen LogP contribution in [-0.4, -0.2) is 21.7 Å². The summed E-state index contributed by atoms with van der Waals surface area (Å²) >= 11 is 0. The van der Waals surface area contributed by atoms with Gasteiger partial charge in [0.1, 0.15) is 0 Å². The Kier molecular flexibility index (Phi) is 4.50. The topological polar surface area (TPSA) is 36.2 Å². The van der Waals surface area contributed by atoms with Gasteiger partial charge in [-0.05, 0) is 30.2 Å². The highest BCUT2D eigenvalue weighted by molar-refractivity contribution is 5.91. The smallest absolute Gasteiger partial charge is 0.307 e. The molecule has 0 atom stereocenters. The summed E-state index contributed by atoms with van der Waals surface area (Å²) in [5.41, 5.74) is 4.11.